The third-order valence-electron chi connectivity index (χ3n) is 2.22. The molecule has 1 fully saturated rings. The molecule has 11 heavy (non-hydrogen) atoms. The van der Waals surface area contributed by atoms with Crippen LogP contribution in [0.5, 0.6) is 0 Å². The third kappa shape index (κ3) is 1.62. The number of hydrogen-bond acceptors (Lipinski definition) is 2. The first-order valence-corrected chi connectivity index (χ1v) is 4.43. The van der Waals surface area contributed by atoms with E-state index in [1.807, 2.05) is 0 Å². The van der Waals surface area contributed by atoms with E-state index < -0.39 is 0 Å². The molecule has 2 rings (SSSR count). The predicted octanol–water partition coefficient (Wildman–Crippen LogP) is 1.49. The minimum atomic E-state index is 1.04. The van der Waals surface area contributed by atoms with Crippen molar-refractivity contribution in [3.63, 3.8) is 0 Å². The summed E-state index contributed by atoms with van der Waals surface area (Å²) < 4.78 is 0. The second kappa shape index (κ2) is 3.07. The Kier molecular flexibility index (Phi) is 1.93. The molecule has 2 heterocycles. The van der Waals surface area contributed by atoms with Gasteiger partial charge in [-0.1, -0.05) is 0 Å². The van der Waals surface area contributed by atoms with Gasteiger partial charge in [0.1, 0.15) is 0 Å². The van der Waals surface area contributed by atoms with Gasteiger partial charge in [-0.25, -0.2) is 0 Å². The molecule has 2 heteroatoms. The summed E-state index contributed by atoms with van der Waals surface area (Å²) in [7, 11) is 0. The molecule has 0 radical (unpaired) electrons. The van der Waals surface area contributed by atoms with E-state index in [9.17, 15) is 0 Å². The Morgan fingerprint density at radius 3 is 2.91 bits per heavy atom. The molecular formula is C9H14N2. The molecular weight excluding hydrogens is 136 g/mol. The first-order chi connectivity index (χ1) is 5.45. The zero-order valence-electron chi connectivity index (χ0n) is 6.77. The summed E-state index contributed by atoms with van der Waals surface area (Å²) in [6, 6.07) is 0. The second-order valence-electron chi connectivity index (χ2n) is 3.18. The van der Waals surface area contributed by atoms with Crippen molar-refractivity contribution in [1.82, 2.24) is 5.32 Å². The van der Waals surface area contributed by atoms with Gasteiger partial charge in [0.05, 0.1) is 0 Å². The first-order valence-electron chi connectivity index (χ1n) is 4.43. The fraction of sp³-hybridized carbons (Fsp3) is 0.667. The average Bonchev–Trinajstić information content (AvgIpc) is 2.60. The lowest BCUT2D eigenvalue weighted by atomic mass is 10.2. The number of allylic oxidation sites excluding steroid dienone is 2. The van der Waals surface area contributed by atoms with Crippen LogP contribution < -0.4 is 5.32 Å². The molecule has 0 saturated carbocycles. The zero-order valence-corrected chi connectivity index (χ0v) is 6.77. The molecule has 0 aromatic heterocycles. The molecule has 0 spiro atoms. The highest BCUT2D eigenvalue weighted by Gasteiger charge is 2.08. The fourth-order valence-electron chi connectivity index (χ4n) is 1.62. The number of rotatable bonds is 1. The van der Waals surface area contributed by atoms with Crippen LogP contribution in [0.25, 0.3) is 0 Å². The molecule has 0 aromatic rings. The monoisotopic (exact) mass is 150 g/mol. The van der Waals surface area contributed by atoms with Crippen LogP contribution in [0.4, 0.5) is 0 Å². The van der Waals surface area contributed by atoms with E-state index in [1.54, 1.807) is 0 Å². The lowest BCUT2D eigenvalue weighted by Gasteiger charge is -1.96. The minimum Gasteiger partial charge on any atom is -0.388 e. The highest BCUT2D eigenvalue weighted by Crippen LogP contribution is 2.12. The van der Waals surface area contributed by atoms with Crippen molar-refractivity contribution < 1.29 is 0 Å². The Labute approximate surface area is 67.4 Å². The van der Waals surface area contributed by atoms with Crippen molar-refractivity contribution in [3.8, 4) is 0 Å². The Morgan fingerprint density at radius 2 is 2.27 bits per heavy atom. The molecule has 1 N–H and O–H groups in total. The van der Waals surface area contributed by atoms with E-state index in [1.165, 1.54) is 37.1 Å². The fourth-order valence-corrected chi connectivity index (χ4v) is 1.62. The van der Waals surface area contributed by atoms with Crippen molar-refractivity contribution in [2.24, 2.45) is 4.99 Å². The molecule has 0 amide bonds. The summed E-state index contributed by atoms with van der Waals surface area (Å²) in [6.07, 6.45) is 7.18. The summed E-state index contributed by atoms with van der Waals surface area (Å²) in [5, 5.41) is 3.36. The number of nitrogens with zero attached hydrogens (tertiary/aromatic N) is 1. The van der Waals surface area contributed by atoms with Crippen LogP contribution in [0, 0.1) is 0 Å². The molecule has 0 aromatic carbocycles. The third-order valence-corrected chi connectivity index (χ3v) is 2.22. The van der Waals surface area contributed by atoms with E-state index in [0.717, 1.165) is 13.1 Å². The second-order valence-corrected chi connectivity index (χ2v) is 3.18. The van der Waals surface area contributed by atoms with Crippen LogP contribution in [0.15, 0.2) is 16.8 Å². The maximum absolute atomic E-state index is 4.40. The van der Waals surface area contributed by atoms with Gasteiger partial charge in [0.25, 0.3) is 0 Å². The van der Waals surface area contributed by atoms with Gasteiger partial charge in [0, 0.05) is 24.5 Å². The van der Waals surface area contributed by atoms with Crippen molar-refractivity contribution in [1.29, 1.82) is 0 Å². The van der Waals surface area contributed by atoms with E-state index in [2.05, 4.69) is 16.4 Å². The molecule has 0 atom stereocenters. The molecule has 1 saturated heterocycles. The number of hydrogen-bond donors (Lipinski definition) is 1. The Morgan fingerprint density at radius 1 is 1.27 bits per heavy atom. The molecule has 0 unspecified atom stereocenters. The highest BCUT2D eigenvalue weighted by atomic mass is 14.9. The lowest BCUT2D eigenvalue weighted by Crippen LogP contribution is -2.05. The van der Waals surface area contributed by atoms with Crippen LogP contribution in [-0.2, 0) is 0 Å². The van der Waals surface area contributed by atoms with Gasteiger partial charge < -0.3 is 5.32 Å². The topological polar surface area (TPSA) is 24.4 Å². The van der Waals surface area contributed by atoms with Crippen LogP contribution in [0.1, 0.15) is 25.7 Å². The lowest BCUT2D eigenvalue weighted by molar-refractivity contribution is 0.903. The van der Waals surface area contributed by atoms with Crippen molar-refractivity contribution >= 4 is 5.71 Å². The molecule has 2 nitrogen and oxygen atoms in total. The SMILES string of the molecule is C(/C1=NCCC1)=C1/CCCN1. The highest BCUT2D eigenvalue weighted by molar-refractivity contribution is 5.96. The smallest absolute Gasteiger partial charge is 0.0396 e. The quantitative estimate of drug-likeness (QED) is 0.601. The molecule has 2 aliphatic rings. The summed E-state index contributed by atoms with van der Waals surface area (Å²) in [4.78, 5) is 4.40. The molecule has 60 valence electrons. The number of nitrogens with one attached hydrogen (secondary N) is 1. The molecule has 0 bridgehead atoms. The largest absolute Gasteiger partial charge is 0.388 e. The maximum Gasteiger partial charge on any atom is 0.0396 e. The van der Waals surface area contributed by atoms with Crippen molar-refractivity contribution in [2.45, 2.75) is 25.7 Å². The predicted molar refractivity (Wildman–Crippen MR) is 46.9 cm³/mol. The van der Waals surface area contributed by atoms with Gasteiger partial charge >= 0.3 is 0 Å². The van der Waals surface area contributed by atoms with Gasteiger partial charge in [-0.05, 0) is 31.8 Å². The molecule has 2 aliphatic heterocycles. The Balaban J connectivity index is 2.00. The van der Waals surface area contributed by atoms with Crippen LogP contribution in [-0.4, -0.2) is 18.8 Å². The average molecular weight is 150 g/mol. The van der Waals surface area contributed by atoms with Gasteiger partial charge in [0.2, 0.25) is 0 Å². The maximum atomic E-state index is 4.40. The van der Waals surface area contributed by atoms with Gasteiger partial charge in [-0.2, -0.15) is 0 Å². The van der Waals surface area contributed by atoms with Crippen LogP contribution >= 0.6 is 0 Å². The molecule has 0 aliphatic carbocycles. The van der Waals surface area contributed by atoms with E-state index in [0.29, 0.717) is 0 Å². The summed E-state index contributed by atoms with van der Waals surface area (Å²) in [5.41, 5.74) is 2.69. The Bertz CT molecular complexity index is 196. The van der Waals surface area contributed by atoms with Gasteiger partial charge in [0.15, 0.2) is 0 Å². The van der Waals surface area contributed by atoms with Crippen molar-refractivity contribution in [2.75, 3.05) is 13.1 Å². The van der Waals surface area contributed by atoms with Gasteiger partial charge in [-0.15, -0.1) is 0 Å². The van der Waals surface area contributed by atoms with E-state index >= 15 is 0 Å². The normalized spacial score (nSPS) is 27.3. The van der Waals surface area contributed by atoms with Crippen molar-refractivity contribution in [3.05, 3.63) is 11.8 Å². The standard InChI is InChI=1S/C9H14N2/c1-3-8(10-5-1)7-9-4-2-6-11-9/h7,10H,1-6H2/b8-7+. The zero-order chi connectivity index (χ0) is 7.52. The summed E-state index contributed by atoms with van der Waals surface area (Å²) >= 11 is 0. The van der Waals surface area contributed by atoms with Crippen LogP contribution in [0.2, 0.25) is 0 Å². The van der Waals surface area contributed by atoms with Gasteiger partial charge in [-0.3, -0.25) is 4.99 Å². The minimum absolute atomic E-state index is 1.04. The summed E-state index contributed by atoms with van der Waals surface area (Å²) in [5.74, 6) is 0. The van der Waals surface area contributed by atoms with Crippen LogP contribution in [0.3, 0.4) is 0 Å². The Hall–Kier alpha value is -0.790. The van der Waals surface area contributed by atoms with E-state index in [-0.39, 0.29) is 0 Å². The first kappa shape index (κ1) is 6.89. The summed E-state index contributed by atoms with van der Waals surface area (Å²) in [6.45, 7) is 2.19. The van der Waals surface area contributed by atoms with E-state index in [4.69, 9.17) is 0 Å². The number of aliphatic imine (C=N–C) groups is 1.